The molecule has 0 bridgehead atoms. The Morgan fingerprint density at radius 2 is 1.92 bits per heavy atom. The number of halogens is 1. The molecule has 0 radical (unpaired) electrons. The highest BCUT2D eigenvalue weighted by molar-refractivity contribution is 6.30. The number of nitrogens with zero attached hydrogens (tertiary/aromatic N) is 3. The zero-order valence-corrected chi connectivity index (χ0v) is 19.8. The standard InChI is InChI=1S/C26H21ClN4O5/c27-17-9-7-16(8-10-17)20-14-21(22-6-3-13-35-22)31(30-20)24(32)15-36-25(33)12-11-23-28-19-5-2-1-4-18(19)26(34)29-23/h1-10,13,21H,11-12,14-15H2,(H,28,29,34)/t21-/m1/s1. The summed E-state index contributed by atoms with van der Waals surface area (Å²) in [7, 11) is 0. The van der Waals surface area contributed by atoms with Crippen LogP contribution in [0.5, 0.6) is 0 Å². The highest BCUT2D eigenvalue weighted by Gasteiger charge is 2.35. The molecule has 1 atom stereocenters. The quantitative estimate of drug-likeness (QED) is 0.380. The average Bonchev–Trinajstić information content (AvgIpc) is 3.57. The molecule has 2 aromatic heterocycles. The lowest BCUT2D eigenvalue weighted by Crippen LogP contribution is -2.31. The van der Waals surface area contributed by atoms with Crippen LogP contribution in [0.15, 0.2) is 81.2 Å². The molecule has 4 aromatic rings. The fourth-order valence-electron chi connectivity index (χ4n) is 4.01. The van der Waals surface area contributed by atoms with Gasteiger partial charge in [0.05, 0.1) is 29.3 Å². The maximum Gasteiger partial charge on any atom is 0.306 e. The summed E-state index contributed by atoms with van der Waals surface area (Å²) in [6.07, 6.45) is 2.10. The fraction of sp³-hybridized carbons (Fsp3) is 0.192. The van der Waals surface area contributed by atoms with Crippen molar-refractivity contribution in [2.75, 3.05) is 6.61 Å². The number of nitrogens with one attached hydrogen (secondary N) is 1. The van der Waals surface area contributed by atoms with Gasteiger partial charge in [0.25, 0.3) is 11.5 Å². The normalized spacial score (nSPS) is 15.2. The van der Waals surface area contributed by atoms with E-state index in [0.29, 0.717) is 39.6 Å². The molecule has 1 N–H and O–H groups in total. The molecule has 0 unspecified atom stereocenters. The number of rotatable bonds is 7. The van der Waals surface area contributed by atoms with Crippen molar-refractivity contribution in [3.05, 3.63) is 99.5 Å². The SMILES string of the molecule is O=C(CCc1nc2ccccc2c(=O)[nH]1)OCC(=O)N1N=C(c2ccc(Cl)cc2)C[C@@H]1c1ccco1. The van der Waals surface area contributed by atoms with Crippen molar-refractivity contribution in [1.29, 1.82) is 0 Å². The van der Waals surface area contributed by atoms with E-state index in [2.05, 4.69) is 15.1 Å². The third-order valence-electron chi connectivity index (χ3n) is 5.80. The number of carbonyl (C=O) groups excluding carboxylic acids is 2. The van der Waals surface area contributed by atoms with Gasteiger partial charge in [-0.2, -0.15) is 5.10 Å². The first-order valence-electron chi connectivity index (χ1n) is 11.3. The minimum atomic E-state index is -0.588. The molecule has 1 aliphatic heterocycles. The Balaban J connectivity index is 1.23. The zero-order valence-electron chi connectivity index (χ0n) is 19.0. The van der Waals surface area contributed by atoms with Gasteiger partial charge < -0.3 is 14.1 Å². The van der Waals surface area contributed by atoms with Gasteiger partial charge >= 0.3 is 5.97 Å². The van der Waals surface area contributed by atoms with E-state index in [1.54, 1.807) is 48.5 Å². The summed E-state index contributed by atoms with van der Waals surface area (Å²) in [5, 5.41) is 6.86. The predicted octanol–water partition coefficient (Wildman–Crippen LogP) is 4.02. The minimum absolute atomic E-state index is 0.0462. The van der Waals surface area contributed by atoms with Crippen LogP contribution in [-0.2, 0) is 20.7 Å². The Morgan fingerprint density at radius 3 is 2.69 bits per heavy atom. The summed E-state index contributed by atoms with van der Waals surface area (Å²) in [6.45, 7) is -0.477. The Morgan fingerprint density at radius 1 is 1.11 bits per heavy atom. The van der Waals surface area contributed by atoms with Crippen molar-refractivity contribution in [1.82, 2.24) is 15.0 Å². The van der Waals surface area contributed by atoms with Gasteiger partial charge in [0, 0.05) is 17.9 Å². The van der Waals surface area contributed by atoms with Gasteiger partial charge in [-0.25, -0.2) is 9.99 Å². The number of amides is 1. The number of H-pyrrole nitrogens is 1. The molecule has 2 aromatic carbocycles. The Bertz CT molecular complexity index is 1500. The van der Waals surface area contributed by atoms with Crippen molar-refractivity contribution in [2.24, 2.45) is 5.10 Å². The molecular weight excluding hydrogens is 484 g/mol. The summed E-state index contributed by atoms with van der Waals surface area (Å²) in [6, 6.07) is 17.2. The molecule has 1 amide bonds. The number of aryl methyl sites for hydroxylation is 1. The lowest BCUT2D eigenvalue weighted by Gasteiger charge is -2.19. The van der Waals surface area contributed by atoms with Crippen LogP contribution >= 0.6 is 11.6 Å². The monoisotopic (exact) mass is 504 g/mol. The summed E-state index contributed by atoms with van der Waals surface area (Å²) in [5.41, 5.74) is 1.80. The molecule has 0 aliphatic carbocycles. The van der Waals surface area contributed by atoms with Crippen LogP contribution in [-0.4, -0.2) is 39.2 Å². The molecule has 0 saturated heterocycles. The van der Waals surface area contributed by atoms with E-state index >= 15 is 0 Å². The summed E-state index contributed by atoms with van der Waals surface area (Å²) >= 11 is 5.99. The van der Waals surface area contributed by atoms with Crippen LogP contribution in [0.1, 0.15) is 36.0 Å². The number of hydrogen-bond donors (Lipinski definition) is 1. The van der Waals surface area contributed by atoms with Crippen molar-refractivity contribution in [3.8, 4) is 0 Å². The molecular formula is C26H21ClN4O5. The van der Waals surface area contributed by atoms with E-state index in [0.717, 1.165) is 5.56 Å². The van der Waals surface area contributed by atoms with E-state index < -0.39 is 24.5 Å². The van der Waals surface area contributed by atoms with E-state index in [9.17, 15) is 14.4 Å². The second-order valence-corrected chi connectivity index (χ2v) is 8.65. The Kier molecular flexibility index (Phi) is 6.64. The second-order valence-electron chi connectivity index (χ2n) is 8.22. The van der Waals surface area contributed by atoms with Gasteiger partial charge in [-0.1, -0.05) is 35.9 Å². The number of carbonyl (C=O) groups is 2. The van der Waals surface area contributed by atoms with Crippen LogP contribution in [0.4, 0.5) is 0 Å². The van der Waals surface area contributed by atoms with Crippen molar-refractivity contribution >= 4 is 40.1 Å². The van der Waals surface area contributed by atoms with Gasteiger partial charge in [0.15, 0.2) is 6.61 Å². The molecule has 0 spiro atoms. The molecule has 10 heteroatoms. The van der Waals surface area contributed by atoms with Crippen LogP contribution in [0.3, 0.4) is 0 Å². The van der Waals surface area contributed by atoms with E-state index in [1.165, 1.54) is 11.3 Å². The van der Waals surface area contributed by atoms with Crippen LogP contribution in [0, 0.1) is 0 Å². The molecule has 9 nitrogen and oxygen atoms in total. The molecule has 3 heterocycles. The van der Waals surface area contributed by atoms with Crippen molar-refractivity contribution in [2.45, 2.75) is 25.3 Å². The molecule has 1 aliphatic rings. The van der Waals surface area contributed by atoms with E-state index in [4.69, 9.17) is 20.8 Å². The number of fused-ring (bicyclic) bond motifs is 1. The third-order valence-corrected chi connectivity index (χ3v) is 6.05. The third kappa shape index (κ3) is 5.06. The maximum atomic E-state index is 13.0. The predicted molar refractivity (Wildman–Crippen MR) is 133 cm³/mol. The van der Waals surface area contributed by atoms with Crippen LogP contribution in [0.2, 0.25) is 5.02 Å². The summed E-state index contributed by atoms with van der Waals surface area (Å²) in [5.74, 6) is -0.119. The van der Waals surface area contributed by atoms with Crippen LogP contribution < -0.4 is 5.56 Å². The zero-order chi connectivity index (χ0) is 25.1. The number of para-hydroxylation sites is 1. The summed E-state index contributed by atoms with van der Waals surface area (Å²) < 4.78 is 10.7. The number of ether oxygens (including phenoxy) is 1. The molecule has 0 fully saturated rings. The van der Waals surface area contributed by atoms with Gasteiger partial charge in [-0.15, -0.1) is 0 Å². The first kappa shape index (κ1) is 23.5. The van der Waals surface area contributed by atoms with Gasteiger partial charge in [0.1, 0.15) is 17.6 Å². The molecule has 36 heavy (non-hydrogen) atoms. The summed E-state index contributed by atoms with van der Waals surface area (Å²) in [4.78, 5) is 44.5. The molecule has 0 saturated carbocycles. The molecule has 182 valence electrons. The minimum Gasteiger partial charge on any atom is -0.467 e. The van der Waals surface area contributed by atoms with E-state index in [1.807, 2.05) is 12.1 Å². The van der Waals surface area contributed by atoms with Crippen molar-refractivity contribution < 1.29 is 18.7 Å². The highest BCUT2D eigenvalue weighted by atomic mass is 35.5. The average molecular weight is 505 g/mol. The largest absolute Gasteiger partial charge is 0.467 e. The number of aromatic amines is 1. The highest BCUT2D eigenvalue weighted by Crippen LogP contribution is 2.33. The Hall–Kier alpha value is -4.24. The second kappa shape index (κ2) is 10.2. The van der Waals surface area contributed by atoms with E-state index in [-0.39, 0.29) is 18.4 Å². The number of esters is 1. The smallest absolute Gasteiger partial charge is 0.306 e. The van der Waals surface area contributed by atoms with Gasteiger partial charge in [-0.05, 0) is 42.0 Å². The van der Waals surface area contributed by atoms with Crippen molar-refractivity contribution in [3.63, 3.8) is 0 Å². The number of aromatic nitrogens is 2. The lowest BCUT2D eigenvalue weighted by atomic mass is 10.0. The number of hydrogen-bond acceptors (Lipinski definition) is 7. The fourth-order valence-corrected chi connectivity index (χ4v) is 4.14. The molecule has 5 rings (SSSR count). The first-order chi connectivity index (χ1) is 17.5. The lowest BCUT2D eigenvalue weighted by molar-refractivity contribution is -0.153. The first-order valence-corrected chi connectivity index (χ1v) is 11.7. The van der Waals surface area contributed by atoms with Gasteiger partial charge in [0.2, 0.25) is 0 Å². The van der Waals surface area contributed by atoms with Gasteiger partial charge in [-0.3, -0.25) is 14.4 Å². The number of furan rings is 1. The topological polar surface area (TPSA) is 118 Å². The Labute approximate surface area is 210 Å². The number of benzene rings is 2. The number of hydrazone groups is 1. The maximum absolute atomic E-state index is 13.0. The van der Waals surface area contributed by atoms with Crippen LogP contribution in [0.25, 0.3) is 10.9 Å².